The second-order valence-corrected chi connectivity index (χ2v) is 6.07. The van der Waals surface area contributed by atoms with E-state index >= 15 is 0 Å². The molecule has 1 aromatic heterocycles. The molecule has 25 heavy (non-hydrogen) atoms. The van der Waals surface area contributed by atoms with E-state index in [0.29, 0.717) is 26.6 Å². The molecular weight excluding hydrogens is 403 g/mol. The van der Waals surface area contributed by atoms with Gasteiger partial charge in [0.25, 0.3) is 0 Å². The van der Waals surface area contributed by atoms with E-state index in [1.807, 2.05) is 0 Å². The summed E-state index contributed by atoms with van der Waals surface area (Å²) in [6, 6.07) is 6.88. The van der Waals surface area contributed by atoms with Crippen molar-refractivity contribution < 1.29 is 22.7 Å². The number of aryl methyl sites for hydroxylation is 1. The topological polar surface area (TPSA) is 70.1 Å². The highest BCUT2D eigenvalue weighted by molar-refractivity contribution is 9.10. The van der Waals surface area contributed by atoms with Crippen LogP contribution in [-0.4, -0.2) is 21.8 Å². The first-order valence-corrected chi connectivity index (χ1v) is 7.76. The molecule has 2 N–H and O–H groups in total. The number of hydrogen-bond donors (Lipinski definition) is 1. The number of nitrogens with two attached hydrogens (primary N) is 1. The summed E-state index contributed by atoms with van der Waals surface area (Å²) in [4.78, 5) is 16.0. The van der Waals surface area contributed by atoms with Gasteiger partial charge in [0.2, 0.25) is 5.91 Å². The third kappa shape index (κ3) is 3.32. The number of imidazole rings is 1. The normalized spacial score (nSPS) is 11.7. The molecule has 2 aromatic carbocycles. The second-order valence-electron chi connectivity index (χ2n) is 5.27. The molecule has 0 aliphatic carbocycles. The van der Waals surface area contributed by atoms with Crippen LogP contribution in [0.25, 0.3) is 22.2 Å². The van der Waals surface area contributed by atoms with Crippen molar-refractivity contribution in [2.75, 3.05) is 0 Å². The number of benzene rings is 2. The molecule has 0 aliphatic heterocycles. The van der Waals surface area contributed by atoms with Gasteiger partial charge in [-0.25, -0.2) is 4.98 Å². The Morgan fingerprint density at radius 1 is 1.28 bits per heavy atom. The van der Waals surface area contributed by atoms with Crippen LogP contribution >= 0.6 is 15.9 Å². The summed E-state index contributed by atoms with van der Waals surface area (Å²) in [7, 11) is 1.76. The Morgan fingerprint density at radius 2 is 1.92 bits per heavy atom. The molecule has 0 unspecified atom stereocenters. The van der Waals surface area contributed by atoms with Gasteiger partial charge in [-0.15, -0.1) is 13.2 Å². The first-order chi connectivity index (χ1) is 11.7. The zero-order chi connectivity index (χ0) is 18.4. The van der Waals surface area contributed by atoms with E-state index < -0.39 is 12.3 Å². The molecular formula is C16H11BrF3N3O2. The van der Waals surface area contributed by atoms with Crippen molar-refractivity contribution in [1.82, 2.24) is 9.55 Å². The van der Waals surface area contributed by atoms with Crippen LogP contribution in [0.1, 0.15) is 10.4 Å². The van der Waals surface area contributed by atoms with Gasteiger partial charge >= 0.3 is 6.36 Å². The molecule has 0 radical (unpaired) electrons. The summed E-state index contributed by atoms with van der Waals surface area (Å²) < 4.78 is 42.9. The molecule has 5 nitrogen and oxygen atoms in total. The van der Waals surface area contributed by atoms with Gasteiger partial charge in [0, 0.05) is 12.6 Å². The SMILES string of the molecule is Cn1cnc2c(-c3ccc(OC(F)(F)F)cc3)cc(C(N)=O)c(Br)c21. The summed E-state index contributed by atoms with van der Waals surface area (Å²) >= 11 is 3.36. The van der Waals surface area contributed by atoms with Crippen molar-refractivity contribution >= 4 is 32.9 Å². The Balaban J connectivity index is 2.15. The average molecular weight is 414 g/mol. The Kier molecular flexibility index (Phi) is 4.19. The minimum Gasteiger partial charge on any atom is -0.406 e. The van der Waals surface area contributed by atoms with E-state index in [-0.39, 0.29) is 11.3 Å². The van der Waals surface area contributed by atoms with Gasteiger partial charge in [-0.1, -0.05) is 12.1 Å². The van der Waals surface area contributed by atoms with Crippen LogP contribution in [0.15, 0.2) is 41.1 Å². The molecule has 1 amide bonds. The maximum atomic E-state index is 12.3. The number of primary amides is 1. The number of carbonyl (C=O) groups is 1. The maximum absolute atomic E-state index is 12.3. The number of aromatic nitrogens is 2. The van der Waals surface area contributed by atoms with Gasteiger partial charge in [0.05, 0.1) is 27.4 Å². The summed E-state index contributed by atoms with van der Waals surface area (Å²) in [5.74, 6) is -0.964. The Hall–Kier alpha value is -2.55. The van der Waals surface area contributed by atoms with Crippen molar-refractivity contribution in [3.8, 4) is 16.9 Å². The van der Waals surface area contributed by atoms with Gasteiger partial charge in [0.1, 0.15) is 5.75 Å². The molecule has 1 heterocycles. The van der Waals surface area contributed by atoms with E-state index in [2.05, 4.69) is 25.7 Å². The number of hydrogen-bond acceptors (Lipinski definition) is 3. The minimum atomic E-state index is -4.76. The van der Waals surface area contributed by atoms with E-state index in [1.54, 1.807) is 24.0 Å². The third-order valence-corrected chi connectivity index (χ3v) is 4.39. The highest BCUT2D eigenvalue weighted by Gasteiger charge is 2.31. The fraction of sp³-hybridized carbons (Fsp3) is 0.125. The monoisotopic (exact) mass is 413 g/mol. The van der Waals surface area contributed by atoms with E-state index in [0.717, 1.165) is 0 Å². The van der Waals surface area contributed by atoms with Gasteiger partial charge in [0.15, 0.2) is 0 Å². The summed E-state index contributed by atoms with van der Waals surface area (Å²) in [5, 5.41) is 0. The summed E-state index contributed by atoms with van der Waals surface area (Å²) in [6.07, 6.45) is -3.18. The number of halogens is 4. The van der Waals surface area contributed by atoms with Gasteiger partial charge in [-0.3, -0.25) is 4.79 Å². The molecule has 0 fully saturated rings. The molecule has 0 saturated heterocycles. The molecule has 3 rings (SSSR count). The molecule has 0 spiro atoms. The Labute approximate surface area is 148 Å². The van der Waals surface area contributed by atoms with Gasteiger partial charge in [-0.05, 0) is 39.7 Å². The average Bonchev–Trinajstić information content (AvgIpc) is 2.89. The highest BCUT2D eigenvalue weighted by Crippen LogP contribution is 2.36. The van der Waals surface area contributed by atoms with Crippen LogP contribution in [0.4, 0.5) is 13.2 Å². The molecule has 0 aliphatic rings. The lowest BCUT2D eigenvalue weighted by atomic mass is 10.0. The highest BCUT2D eigenvalue weighted by atomic mass is 79.9. The first kappa shape index (κ1) is 17.3. The molecule has 3 aromatic rings. The van der Waals surface area contributed by atoms with Gasteiger partial charge in [-0.2, -0.15) is 0 Å². The zero-order valence-electron chi connectivity index (χ0n) is 12.8. The van der Waals surface area contributed by atoms with Gasteiger partial charge < -0.3 is 15.0 Å². The lowest BCUT2D eigenvalue weighted by Gasteiger charge is -2.11. The van der Waals surface area contributed by atoms with Crippen molar-refractivity contribution in [2.24, 2.45) is 12.8 Å². The van der Waals surface area contributed by atoms with Crippen molar-refractivity contribution in [3.05, 3.63) is 46.7 Å². The Morgan fingerprint density at radius 3 is 2.48 bits per heavy atom. The van der Waals surface area contributed by atoms with E-state index in [4.69, 9.17) is 5.73 Å². The smallest absolute Gasteiger partial charge is 0.406 e. The molecule has 0 atom stereocenters. The second kappa shape index (κ2) is 6.07. The van der Waals surface area contributed by atoms with E-state index in [1.165, 1.54) is 24.3 Å². The number of amides is 1. The summed E-state index contributed by atoms with van der Waals surface area (Å²) in [6.45, 7) is 0. The minimum absolute atomic E-state index is 0.252. The number of rotatable bonds is 3. The van der Waals surface area contributed by atoms with Crippen LogP contribution in [0.2, 0.25) is 0 Å². The molecule has 0 bridgehead atoms. The predicted molar refractivity (Wildman–Crippen MR) is 89.1 cm³/mol. The number of alkyl halides is 3. The largest absolute Gasteiger partial charge is 0.573 e. The number of ether oxygens (including phenoxy) is 1. The summed E-state index contributed by atoms with van der Waals surface area (Å²) in [5.41, 5.74) is 8.07. The Bertz CT molecular complexity index is 965. The van der Waals surface area contributed by atoms with Crippen LogP contribution in [0.5, 0.6) is 5.75 Å². The van der Waals surface area contributed by atoms with Crippen LogP contribution in [0.3, 0.4) is 0 Å². The standard InChI is InChI=1S/C16H11BrF3N3O2/c1-23-7-22-13-10(6-11(15(21)24)12(17)14(13)23)8-2-4-9(5-3-8)25-16(18,19)20/h2-7H,1H3,(H2,21,24). The quantitative estimate of drug-likeness (QED) is 0.705. The number of nitrogens with zero attached hydrogens (tertiary/aromatic N) is 2. The van der Waals surface area contributed by atoms with Crippen LogP contribution < -0.4 is 10.5 Å². The molecule has 130 valence electrons. The predicted octanol–water partition coefficient (Wildman–Crippen LogP) is 4.00. The molecule has 9 heteroatoms. The number of carbonyl (C=O) groups excluding carboxylic acids is 1. The lowest BCUT2D eigenvalue weighted by molar-refractivity contribution is -0.274. The fourth-order valence-corrected chi connectivity index (χ4v) is 3.30. The first-order valence-electron chi connectivity index (χ1n) is 6.97. The fourth-order valence-electron chi connectivity index (χ4n) is 2.53. The molecule has 0 saturated carbocycles. The van der Waals surface area contributed by atoms with Crippen molar-refractivity contribution in [1.29, 1.82) is 0 Å². The zero-order valence-corrected chi connectivity index (χ0v) is 14.4. The lowest BCUT2D eigenvalue weighted by Crippen LogP contribution is -2.16. The maximum Gasteiger partial charge on any atom is 0.573 e. The van der Waals surface area contributed by atoms with Crippen molar-refractivity contribution in [3.63, 3.8) is 0 Å². The van der Waals surface area contributed by atoms with E-state index in [9.17, 15) is 18.0 Å². The van der Waals surface area contributed by atoms with Crippen LogP contribution in [0, 0.1) is 0 Å². The number of fused-ring (bicyclic) bond motifs is 1. The van der Waals surface area contributed by atoms with Crippen molar-refractivity contribution in [2.45, 2.75) is 6.36 Å². The third-order valence-electron chi connectivity index (χ3n) is 3.59. The van der Waals surface area contributed by atoms with Crippen LogP contribution in [-0.2, 0) is 7.05 Å².